The molecule has 0 bridgehead atoms. The van der Waals surface area contributed by atoms with Crippen molar-refractivity contribution in [3.8, 4) is 5.75 Å². The van der Waals surface area contributed by atoms with Crippen LogP contribution in [0.4, 0.5) is 0 Å². The number of β-amino-alcohol motifs (C(OH)–C–C–N with tert-alkyl or cyclic N) is 1. The standard InChI is InChI=1S/C20H30N4O2S/c1-23-14-17(12-22-23)6-7-21-13-18-4-2-3-5-20(18)26-16-19(25)15-24-8-10-27-11-9-24/h2-5,12,14,19,21,25H,6-11,13,15-16H2,1H3. The molecule has 27 heavy (non-hydrogen) atoms. The summed E-state index contributed by atoms with van der Waals surface area (Å²) in [7, 11) is 1.93. The minimum Gasteiger partial charge on any atom is -0.491 e. The molecule has 1 aromatic carbocycles. The van der Waals surface area contributed by atoms with E-state index >= 15 is 0 Å². The largest absolute Gasteiger partial charge is 0.491 e. The molecule has 0 aliphatic carbocycles. The maximum atomic E-state index is 10.3. The van der Waals surface area contributed by atoms with Crippen LogP contribution >= 0.6 is 11.8 Å². The minimum atomic E-state index is -0.459. The second kappa shape index (κ2) is 10.7. The summed E-state index contributed by atoms with van der Waals surface area (Å²) in [4.78, 5) is 2.32. The molecule has 0 radical (unpaired) electrons. The van der Waals surface area contributed by atoms with Gasteiger partial charge in [0, 0.05) is 56.5 Å². The second-order valence-corrected chi connectivity index (χ2v) is 8.16. The summed E-state index contributed by atoms with van der Waals surface area (Å²) in [5.41, 5.74) is 2.35. The van der Waals surface area contributed by atoms with E-state index in [2.05, 4.69) is 21.4 Å². The van der Waals surface area contributed by atoms with Crippen molar-refractivity contribution in [2.75, 3.05) is 44.3 Å². The molecule has 2 heterocycles. The average Bonchev–Trinajstić information content (AvgIpc) is 3.10. The summed E-state index contributed by atoms with van der Waals surface area (Å²) in [6.45, 7) is 4.76. The molecule has 3 rings (SSSR count). The van der Waals surface area contributed by atoms with E-state index in [1.165, 1.54) is 5.56 Å². The molecule has 0 saturated carbocycles. The van der Waals surface area contributed by atoms with Crippen molar-refractivity contribution >= 4 is 11.8 Å². The Balaban J connectivity index is 1.41. The first-order chi connectivity index (χ1) is 13.2. The van der Waals surface area contributed by atoms with Crippen molar-refractivity contribution < 1.29 is 9.84 Å². The third-order valence-corrected chi connectivity index (χ3v) is 5.58. The summed E-state index contributed by atoms with van der Waals surface area (Å²) in [5.74, 6) is 3.15. The van der Waals surface area contributed by atoms with E-state index < -0.39 is 6.10 Å². The van der Waals surface area contributed by atoms with Crippen molar-refractivity contribution in [1.82, 2.24) is 20.0 Å². The van der Waals surface area contributed by atoms with Crippen LogP contribution in [0.2, 0.25) is 0 Å². The lowest BCUT2D eigenvalue weighted by Crippen LogP contribution is -2.40. The molecule has 148 valence electrons. The van der Waals surface area contributed by atoms with Crippen LogP contribution in [0.3, 0.4) is 0 Å². The Morgan fingerprint density at radius 2 is 2.11 bits per heavy atom. The number of hydrogen-bond donors (Lipinski definition) is 2. The van der Waals surface area contributed by atoms with Gasteiger partial charge in [0.1, 0.15) is 18.5 Å². The zero-order valence-electron chi connectivity index (χ0n) is 16.0. The number of rotatable bonds is 10. The summed E-state index contributed by atoms with van der Waals surface area (Å²) in [5, 5.41) is 18.0. The Kier molecular flexibility index (Phi) is 8.01. The molecule has 6 nitrogen and oxygen atoms in total. The highest BCUT2D eigenvalue weighted by atomic mass is 32.2. The zero-order chi connectivity index (χ0) is 18.9. The first kappa shape index (κ1) is 20.2. The van der Waals surface area contributed by atoms with Crippen molar-refractivity contribution in [3.05, 3.63) is 47.8 Å². The van der Waals surface area contributed by atoms with Gasteiger partial charge in [0.2, 0.25) is 0 Å². The van der Waals surface area contributed by atoms with Crippen molar-refractivity contribution in [2.45, 2.75) is 19.1 Å². The van der Waals surface area contributed by atoms with Crippen LogP contribution in [0.15, 0.2) is 36.7 Å². The molecule has 0 spiro atoms. The van der Waals surface area contributed by atoms with E-state index in [9.17, 15) is 5.11 Å². The number of nitrogens with zero attached hydrogens (tertiary/aromatic N) is 3. The fraction of sp³-hybridized carbons (Fsp3) is 0.550. The van der Waals surface area contributed by atoms with Crippen LogP contribution in [0.25, 0.3) is 0 Å². The molecule has 1 fully saturated rings. The monoisotopic (exact) mass is 390 g/mol. The van der Waals surface area contributed by atoms with E-state index in [1.54, 1.807) is 0 Å². The summed E-state index contributed by atoms with van der Waals surface area (Å²) in [6, 6.07) is 8.04. The molecule has 1 unspecified atom stereocenters. The topological polar surface area (TPSA) is 62.6 Å². The van der Waals surface area contributed by atoms with E-state index in [4.69, 9.17) is 4.74 Å². The van der Waals surface area contributed by atoms with Crippen molar-refractivity contribution in [2.24, 2.45) is 7.05 Å². The Morgan fingerprint density at radius 3 is 2.89 bits per heavy atom. The van der Waals surface area contributed by atoms with Gasteiger partial charge in [-0.25, -0.2) is 0 Å². The molecular formula is C20H30N4O2S. The highest BCUT2D eigenvalue weighted by molar-refractivity contribution is 7.99. The number of hydrogen-bond acceptors (Lipinski definition) is 6. The van der Waals surface area contributed by atoms with Gasteiger partial charge in [-0.3, -0.25) is 9.58 Å². The maximum absolute atomic E-state index is 10.3. The molecule has 0 amide bonds. The SMILES string of the molecule is Cn1cc(CCNCc2ccccc2OCC(O)CN2CCSCC2)cn1. The molecule has 7 heteroatoms. The summed E-state index contributed by atoms with van der Waals surface area (Å²) in [6.07, 6.45) is 4.44. The third-order valence-electron chi connectivity index (χ3n) is 4.64. The molecular weight excluding hydrogens is 360 g/mol. The normalized spacial score (nSPS) is 16.4. The zero-order valence-corrected chi connectivity index (χ0v) is 16.8. The fourth-order valence-corrected chi connectivity index (χ4v) is 4.15. The molecule has 1 atom stereocenters. The number of aliphatic hydroxyl groups is 1. The van der Waals surface area contributed by atoms with E-state index in [1.807, 2.05) is 54.1 Å². The van der Waals surface area contributed by atoms with Crippen molar-refractivity contribution in [1.29, 1.82) is 0 Å². The van der Waals surface area contributed by atoms with E-state index in [0.29, 0.717) is 13.2 Å². The number of aliphatic hydroxyl groups excluding tert-OH is 1. The van der Waals surface area contributed by atoms with Gasteiger partial charge in [-0.05, 0) is 24.6 Å². The number of ether oxygens (including phenoxy) is 1. The second-order valence-electron chi connectivity index (χ2n) is 6.93. The summed E-state index contributed by atoms with van der Waals surface area (Å²) < 4.78 is 7.75. The highest BCUT2D eigenvalue weighted by Gasteiger charge is 2.15. The van der Waals surface area contributed by atoms with Crippen LogP contribution < -0.4 is 10.1 Å². The number of para-hydroxylation sites is 1. The Hall–Kier alpha value is -1.54. The molecule has 2 N–H and O–H groups in total. The van der Waals surface area contributed by atoms with Gasteiger partial charge in [0.25, 0.3) is 0 Å². The first-order valence-corrected chi connectivity index (χ1v) is 10.7. The lowest BCUT2D eigenvalue weighted by atomic mass is 10.2. The van der Waals surface area contributed by atoms with Gasteiger partial charge in [-0.2, -0.15) is 16.9 Å². The van der Waals surface area contributed by atoms with E-state index in [-0.39, 0.29) is 0 Å². The van der Waals surface area contributed by atoms with Crippen LogP contribution in [-0.4, -0.2) is 70.2 Å². The third kappa shape index (κ3) is 6.84. The predicted molar refractivity (Wildman–Crippen MR) is 110 cm³/mol. The number of aromatic nitrogens is 2. The maximum Gasteiger partial charge on any atom is 0.123 e. The Bertz CT molecular complexity index is 688. The first-order valence-electron chi connectivity index (χ1n) is 9.58. The summed E-state index contributed by atoms with van der Waals surface area (Å²) >= 11 is 1.98. The van der Waals surface area contributed by atoms with Crippen molar-refractivity contribution in [3.63, 3.8) is 0 Å². The quantitative estimate of drug-likeness (QED) is 0.600. The number of benzene rings is 1. The molecule has 1 aliphatic rings. The van der Waals surface area contributed by atoms with Gasteiger partial charge >= 0.3 is 0 Å². The van der Waals surface area contributed by atoms with Gasteiger partial charge in [-0.15, -0.1) is 0 Å². The lowest BCUT2D eigenvalue weighted by Gasteiger charge is -2.28. The number of nitrogens with one attached hydrogen (secondary N) is 1. The number of thioether (sulfide) groups is 1. The molecule has 1 saturated heterocycles. The van der Waals surface area contributed by atoms with Crippen LogP contribution in [0.1, 0.15) is 11.1 Å². The van der Waals surface area contributed by atoms with Gasteiger partial charge in [-0.1, -0.05) is 18.2 Å². The van der Waals surface area contributed by atoms with Gasteiger partial charge in [0.05, 0.1) is 6.20 Å². The van der Waals surface area contributed by atoms with Gasteiger partial charge < -0.3 is 15.2 Å². The number of aryl methyl sites for hydroxylation is 1. The van der Waals surface area contributed by atoms with Gasteiger partial charge in [0.15, 0.2) is 0 Å². The minimum absolute atomic E-state index is 0.330. The Labute approximate surface area is 165 Å². The average molecular weight is 391 g/mol. The van der Waals surface area contributed by atoms with Crippen LogP contribution in [0.5, 0.6) is 5.75 Å². The molecule has 1 aromatic heterocycles. The smallest absolute Gasteiger partial charge is 0.123 e. The predicted octanol–water partition coefficient (Wildman–Crippen LogP) is 1.54. The van der Waals surface area contributed by atoms with Crippen LogP contribution in [-0.2, 0) is 20.0 Å². The fourth-order valence-electron chi connectivity index (χ4n) is 3.17. The Morgan fingerprint density at radius 1 is 1.30 bits per heavy atom. The highest BCUT2D eigenvalue weighted by Crippen LogP contribution is 2.18. The van der Waals surface area contributed by atoms with E-state index in [0.717, 1.165) is 55.4 Å². The molecule has 2 aromatic rings. The lowest BCUT2D eigenvalue weighted by molar-refractivity contribution is 0.0711. The molecule has 1 aliphatic heterocycles. The van der Waals surface area contributed by atoms with Crippen LogP contribution in [0, 0.1) is 0 Å².